The van der Waals surface area contributed by atoms with Gasteiger partial charge in [-0.3, -0.25) is 0 Å². The van der Waals surface area contributed by atoms with Gasteiger partial charge in [-0.25, -0.2) is 0 Å². The standard InChI is InChI=1S/C14H16ClN3OS/c15-10-2-4-11(5-3-10)20-9-6-12-17-13(18-19-12)14(16)7-1-8-14/h2-5H,1,6-9,16H2. The summed E-state index contributed by atoms with van der Waals surface area (Å²) in [5, 5.41) is 4.76. The molecule has 0 bridgehead atoms. The average molecular weight is 310 g/mol. The predicted octanol–water partition coefficient (Wildman–Crippen LogP) is 3.40. The lowest BCUT2D eigenvalue weighted by Crippen LogP contribution is -2.44. The van der Waals surface area contributed by atoms with Crippen LogP contribution in [0.3, 0.4) is 0 Å². The maximum Gasteiger partial charge on any atom is 0.227 e. The Labute approximate surface area is 127 Å². The molecule has 1 saturated carbocycles. The van der Waals surface area contributed by atoms with E-state index in [1.807, 2.05) is 24.3 Å². The zero-order chi connectivity index (χ0) is 14.0. The highest BCUT2D eigenvalue weighted by atomic mass is 35.5. The highest BCUT2D eigenvalue weighted by Crippen LogP contribution is 2.36. The van der Waals surface area contributed by atoms with Crippen LogP contribution in [0, 0.1) is 0 Å². The van der Waals surface area contributed by atoms with Gasteiger partial charge in [0.1, 0.15) is 0 Å². The Morgan fingerprint density at radius 1 is 1.30 bits per heavy atom. The first-order chi connectivity index (χ1) is 9.66. The third-order valence-corrected chi connectivity index (χ3v) is 4.82. The molecule has 1 aliphatic carbocycles. The Kier molecular flexibility index (Phi) is 4.01. The molecule has 1 aromatic carbocycles. The van der Waals surface area contributed by atoms with Crippen molar-refractivity contribution in [2.45, 2.75) is 36.1 Å². The van der Waals surface area contributed by atoms with E-state index in [-0.39, 0.29) is 5.54 Å². The van der Waals surface area contributed by atoms with Gasteiger partial charge < -0.3 is 10.3 Å². The molecule has 2 N–H and O–H groups in total. The summed E-state index contributed by atoms with van der Waals surface area (Å²) in [5.74, 6) is 2.22. The van der Waals surface area contributed by atoms with Crippen molar-refractivity contribution in [1.29, 1.82) is 0 Å². The second-order valence-corrected chi connectivity index (χ2v) is 6.68. The van der Waals surface area contributed by atoms with Gasteiger partial charge in [0.25, 0.3) is 0 Å². The van der Waals surface area contributed by atoms with Crippen molar-refractivity contribution in [3.05, 3.63) is 41.0 Å². The molecule has 0 radical (unpaired) electrons. The smallest absolute Gasteiger partial charge is 0.227 e. The maximum absolute atomic E-state index is 6.17. The summed E-state index contributed by atoms with van der Waals surface area (Å²) in [5.41, 5.74) is 5.83. The molecular weight excluding hydrogens is 294 g/mol. The molecule has 1 aliphatic rings. The quantitative estimate of drug-likeness (QED) is 0.858. The van der Waals surface area contributed by atoms with E-state index in [1.165, 1.54) is 4.90 Å². The molecule has 106 valence electrons. The first-order valence-corrected chi connectivity index (χ1v) is 8.02. The summed E-state index contributed by atoms with van der Waals surface area (Å²) >= 11 is 7.59. The van der Waals surface area contributed by atoms with Gasteiger partial charge in [0.05, 0.1) is 5.54 Å². The predicted molar refractivity (Wildman–Crippen MR) is 79.9 cm³/mol. The first kappa shape index (κ1) is 13.9. The summed E-state index contributed by atoms with van der Waals surface area (Å²) in [6, 6.07) is 7.80. The maximum atomic E-state index is 6.17. The fraction of sp³-hybridized carbons (Fsp3) is 0.429. The normalized spacial score (nSPS) is 16.9. The van der Waals surface area contributed by atoms with Crippen LogP contribution < -0.4 is 5.73 Å². The number of aromatic nitrogens is 2. The highest BCUT2D eigenvalue weighted by Gasteiger charge is 2.38. The monoisotopic (exact) mass is 309 g/mol. The van der Waals surface area contributed by atoms with Crippen molar-refractivity contribution < 1.29 is 4.52 Å². The number of hydrogen-bond donors (Lipinski definition) is 1. The van der Waals surface area contributed by atoms with Crippen LogP contribution in [0.1, 0.15) is 31.0 Å². The van der Waals surface area contributed by atoms with Crippen LogP contribution in [0.25, 0.3) is 0 Å². The summed E-state index contributed by atoms with van der Waals surface area (Å²) in [7, 11) is 0. The molecule has 0 atom stereocenters. The molecule has 1 aromatic heterocycles. The van der Waals surface area contributed by atoms with Gasteiger partial charge in [0, 0.05) is 22.1 Å². The number of halogens is 1. The average Bonchev–Trinajstić information content (AvgIpc) is 2.87. The van der Waals surface area contributed by atoms with Gasteiger partial charge in [0.2, 0.25) is 5.89 Å². The summed E-state index contributed by atoms with van der Waals surface area (Å²) in [6.07, 6.45) is 3.79. The number of nitrogens with zero attached hydrogens (tertiary/aromatic N) is 2. The van der Waals surface area contributed by atoms with Crippen LogP contribution in [-0.4, -0.2) is 15.9 Å². The zero-order valence-electron chi connectivity index (χ0n) is 11.0. The first-order valence-electron chi connectivity index (χ1n) is 6.66. The topological polar surface area (TPSA) is 64.9 Å². The van der Waals surface area contributed by atoms with Crippen LogP contribution in [-0.2, 0) is 12.0 Å². The van der Waals surface area contributed by atoms with Crippen LogP contribution in [0.15, 0.2) is 33.7 Å². The van der Waals surface area contributed by atoms with Gasteiger partial charge >= 0.3 is 0 Å². The fourth-order valence-electron chi connectivity index (χ4n) is 2.13. The summed E-state index contributed by atoms with van der Waals surface area (Å²) in [6.45, 7) is 0. The largest absolute Gasteiger partial charge is 0.339 e. The molecule has 0 aliphatic heterocycles. The van der Waals surface area contributed by atoms with E-state index in [0.29, 0.717) is 11.7 Å². The Morgan fingerprint density at radius 3 is 2.70 bits per heavy atom. The molecule has 6 heteroatoms. The van der Waals surface area contributed by atoms with E-state index in [2.05, 4.69) is 10.1 Å². The zero-order valence-corrected chi connectivity index (χ0v) is 12.6. The SMILES string of the molecule is NC1(c2noc(CCSc3ccc(Cl)cc3)n2)CCC1. The Hall–Kier alpha value is -1.04. The molecule has 0 saturated heterocycles. The second-order valence-electron chi connectivity index (χ2n) is 5.07. The van der Waals surface area contributed by atoms with Gasteiger partial charge in [-0.1, -0.05) is 16.8 Å². The number of rotatable bonds is 5. The minimum atomic E-state index is -0.342. The van der Waals surface area contributed by atoms with Gasteiger partial charge in [-0.05, 0) is 43.5 Å². The van der Waals surface area contributed by atoms with Crippen LogP contribution in [0.2, 0.25) is 5.02 Å². The van der Waals surface area contributed by atoms with Crippen LogP contribution in [0.4, 0.5) is 0 Å². The molecule has 0 unspecified atom stereocenters. The Morgan fingerprint density at radius 2 is 2.05 bits per heavy atom. The molecule has 20 heavy (non-hydrogen) atoms. The molecule has 0 amide bonds. The van der Waals surface area contributed by atoms with Gasteiger partial charge in [-0.15, -0.1) is 11.8 Å². The van der Waals surface area contributed by atoms with Crippen molar-refractivity contribution in [2.75, 3.05) is 5.75 Å². The van der Waals surface area contributed by atoms with Crippen molar-refractivity contribution in [3.63, 3.8) is 0 Å². The minimum absolute atomic E-state index is 0.342. The molecule has 0 spiro atoms. The fourth-order valence-corrected chi connectivity index (χ4v) is 3.09. The van der Waals surface area contributed by atoms with Crippen LogP contribution >= 0.6 is 23.4 Å². The molecule has 2 aromatic rings. The van der Waals surface area contributed by atoms with Crippen LogP contribution in [0.5, 0.6) is 0 Å². The number of thioether (sulfide) groups is 1. The number of nitrogens with two attached hydrogens (primary N) is 1. The molecule has 3 rings (SSSR count). The second kappa shape index (κ2) is 5.76. The number of aryl methyl sites for hydroxylation is 1. The van der Waals surface area contributed by atoms with E-state index in [9.17, 15) is 0 Å². The van der Waals surface area contributed by atoms with Crippen molar-refractivity contribution in [3.8, 4) is 0 Å². The molecule has 1 fully saturated rings. The van der Waals surface area contributed by atoms with Gasteiger partial charge in [-0.2, -0.15) is 4.98 Å². The van der Waals surface area contributed by atoms with E-state index in [0.717, 1.165) is 36.5 Å². The van der Waals surface area contributed by atoms with Gasteiger partial charge in [0.15, 0.2) is 5.82 Å². The van der Waals surface area contributed by atoms with Crippen molar-refractivity contribution in [2.24, 2.45) is 5.73 Å². The number of hydrogen-bond acceptors (Lipinski definition) is 5. The van der Waals surface area contributed by atoms with Crippen molar-refractivity contribution in [1.82, 2.24) is 10.1 Å². The van der Waals surface area contributed by atoms with E-state index >= 15 is 0 Å². The third-order valence-electron chi connectivity index (χ3n) is 3.56. The molecular formula is C14H16ClN3OS. The highest BCUT2D eigenvalue weighted by molar-refractivity contribution is 7.99. The van der Waals surface area contributed by atoms with Crippen molar-refractivity contribution >= 4 is 23.4 Å². The Balaban J connectivity index is 1.52. The molecule has 4 nitrogen and oxygen atoms in total. The lowest BCUT2D eigenvalue weighted by atomic mass is 9.77. The third kappa shape index (κ3) is 3.00. The van der Waals surface area contributed by atoms with E-state index < -0.39 is 0 Å². The van der Waals surface area contributed by atoms with E-state index in [4.69, 9.17) is 21.9 Å². The Bertz CT molecular complexity index is 580. The molecule has 1 heterocycles. The van der Waals surface area contributed by atoms with E-state index in [1.54, 1.807) is 11.8 Å². The summed E-state index contributed by atoms with van der Waals surface area (Å²) in [4.78, 5) is 5.60. The lowest BCUT2D eigenvalue weighted by Gasteiger charge is -2.34. The minimum Gasteiger partial charge on any atom is -0.339 e. The number of benzene rings is 1. The summed E-state index contributed by atoms with van der Waals surface area (Å²) < 4.78 is 5.27. The lowest BCUT2D eigenvalue weighted by molar-refractivity contribution is 0.229.